The Balaban J connectivity index is 0.996. The minimum Gasteiger partial charge on any atom is -0.445 e. The molecule has 0 bridgehead atoms. The number of nitrogens with zero attached hydrogens (tertiary/aromatic N) is 3. The molecule has 2 fully saturated rings. The van der Waals surface area contributed by atoms with Crippen molar-refractivity contribution >= 4 is 96.4 Å². The van der Waals surface area contributed by atoms with Crippen LogP contribution in [0.2, 0.25) is 0 Å². The van der Waals surface area contributed by atoms with E-state index in [-0.39, 0.29) is 129 Å². The summed E-state index contributed by atoms with van der Waals surface area (Å²) >= 11 is 0. The standard InChI is InChI=1S/C99H144N12O25S2/c1-17-66(10)87(81(129-15)55-83(113)111-46-22-26-80(111)90(130-16)67(11)91(116)103-68(12)88(114)70-23-19-18-20-24-70)109(13)97(122)85(62(4)5)108-96(121)86(63(6)7)110(14)99(124)136-57-69-31-37-74(38-32-69)104-94(119)78(25-21-45-101-98(100)123)106-95(120)84(61(2)3)107-82(112)44-43-79(93(118)102-56-75-58-134-52-51-132-48-47-131-49-50-133-53-54-135-75)105-92(117)72-35-33-71(34-36-72)89(115)73(59-137(125,126)76-39-27-64(8)28-40-76)60-138(127,128)77-41-29-65(9)30-42-77/h18-20,23-24,27-42,61-63,66-68,73,75,78-81,84-88,90,114H,17,21-22,25-26,43-60H2,1-16H3,(H,102,118)(H,103,116)(H,104,119)(H,105,117)(H,106,120)(H,107,112)(H,108,121)(H3,100,101,123)/t66-,67-,68-,75?,78+,79-,80-,81-,84-,85+,86-,87?,88-,90-/m1/s1. The molecule has 0 radical (unpaired) electrons. The van der Waals surface area contributed by atoms with Gasteiger partial charge in [0.05, 0.1) is 142 Å². The highest BCUT2D eigenvalue weighted by atomic mass is 32.2. The molecule has 0 aliphatic carbocycles. The van der Waals surface area contributed by atoms with Crippen LogP contribution >= 0.6 is 0 Å². The lowest BCUT2D eigenvalue weighted by Gasteiger charge is -2.41. The van der Waals surface area contributed by atoms with Gasteiger partial charge in [-0.05, 0) is 136 Å². The lowest BCUT2D eigenvalue weighted by atomic mass is 9.89. The number of methoxy groups -OCH3 is 2. The van der Waals surface area contributed by atoms with E-state index in [9.17, 15) is 79.5 Å². The number of likely N-dealkylation sites (N-methyl/N-ethyl adjacent to an activating group) is 2. The Bertz CT molecular complexity index is 4930. The van der Waals surface area contributed by atoms with E-state index in [1.54, 1.807) is 142 Å². The van der Waals surface area contributed by atoms with E-state index in [1.807, 2.05) is 19.9 Å². The number of carbonyl (C=O) groups is 12. The van der Waals surface area contributed by atoms with Crippen molar-refractivity contribution in [2.24, 2.45) is 41.2 Å². The molecule has 5 aromatic rings. The summed E-state index contributed by atoms with van der Waals surface area (Å²) in [6.45, 7) is 23.1. The van der Waals surface area contributed by atoms with Crippen LogP contribution in [-0.4, -0.2) is 293 Å². The lowest BCUT2D eigenvalue weighted by molar-refractivity contribution is -0.148. The Labute approximate surface area is 811 Å². The smallest absolute Gasteiger partial charge is 0.410 e. The molecule has 0 spiro atoms. The van der Waals surface area contributed by atoms with Gasteiger partial charge in [-0.2, -0.15) is 0 Å². The van der Waals surface area contributed by atoms with Crippen molar-refractivity contribution in [3.8, 4) is 0 Å². The molecule has 11 N–H and O–H groups in total. The second kappa shape index (κ2) is 56.4. The van der Waals surface area contributed by atoms with Gasteiger partial charge in [0.1, 0.15) is 36.8 Å². The van der Waals surface area contributed by atoms with Gasteiger partial charge in [0.15, 0.2) is 25.5 Å². The van der Waals surface area contributed by atoms with Crippen molar-refractivity contribution < 1.29 is 117 Å². The molecular formula is C99H144N12O25S2. The molecule has 2 aliphatic rings. The highest BCUT2D eigenvalue weighted by Crippen LogP contribution is 2.32. The predicted octanol–water partition coefficient (Wildman–Crippen LogP) is 7.12. The second-order valence-electron chi connectivity index (χ2n) is 36.3. The largest absolute Gasteiger partial charge is 0.445 e. The van der Waals surface area contributed by atoms with Gasteiger partial charge < -0.3 is 101 Å². The highest BCUT2D eigenvalue weighted by molar-refractivity contribution is 7.92. The molecule has 0 saturated carbocycles. The lowest BCUT2D eigenvalue weighted by Crippen LogP contribution is -2.60. The number of urea groups is 1. The number of carbonyl (C=O) groups excluding carboxylic acids is 12. The first-order valence-electron chi connectivity index (χ1n) is 47.1. The number of likely N-dealkylation sites (tertiary alicyclic amines) is 1. The third kappa shape index (κ3) is 35.2. The van der Waals surface area contributed by atoms with Crippen LogP contribution in [0.4, 0.5) is 15.3 Å². The number of anilines is 1. The normalized spacial score (nSPS) is 17.4. The fraction of sp³-hybridized carbons (Fsp3) is 0.576. The number of aliphatic hydroxyl groups excluding tert-OH is 1. The molecule has 37 nitrogen and oxygen atoms in total. The van der Waals surface area contributed by atoms with Crippen molar-refractivity contribution in [1.29, 1.82) is 0 Å². The number of aliphatic hydroxyl groups is 1. The number of hydrogen-bond acceptors (Lipinski definition) is 25. The number of Topliss-reactive ketones (excluding diaryl/α,β-unsaturated/α-hetero) is 1. The van der Waals surface area contributed by atoms with E-state index in [4.69, 9.17) is 43.6 Å². The van der Waals surface area contributed by atoms with E-state index in [0.29, 0.717) is 56.8 Å². The van der Waals surface area contributed by atoms with Crippen LogP contribution in [-0.2, 0) is 103 Å². The molecule has 2 aliphatic heterocycles. The zero-order valence-corrected chi connectivity index (χ0v) is 83.9. The first-order chi connectivity index (χ1) is 65.5. The predicted molar refractivity (Wildman–Crippen MR) is 516 cm³/mol. The van der Waals surface area contributed by atoms with E-state index in [2.05, 4.69) is 42.5 Å². The average Bonchev–Trinajstić information content (AvgIpc) is 1.78. The van der Waals surface area contributed by atoms with Crippen LogP contribution in [0.1, 0.15) is 170 Å². The van der Waals surface area contributed by atoms with Crippen LogP contribution in [0.5, 0.6) is 0 Å². The van der Waals surface area contributed by atoms with Gasteiger partial charge in [-0.15, -0.1) is 0 Å². The van der Waals surface area contributed by atoms with Gasteiger partial charge in [0.2, 0.25) is 47.3 Å². The summed E-state index contributed by atoms with van der Waals surface area (Å²) in [5.41, 5.74) is 8.00. The Morgan fingerprint density at radius 1 is 0.580 bits per heavy atom. The summed E-state index contributed by atoms with van der Waals surface area (Å²) in [7, 11) is -2.53. The van der Waals surface area contributed by atoms with Gasteiger partial charge in [-0.1, -0.05) is 159 Å². The molecule has 138 heavy (non-hydrogen) atoms. The van der Waals surface area contributed by atoms with Gasteiger partial charge >= 0.3 is 12.1 Å². The molecule has 7 rings (SSSR count). The number of aryl methyl sites for hydroxylation is 2. The fourth-order valence-electron chi connectivity index (χ4n) is 16.6. The summed E-state index contributed by atoms with van der Waals surface area (Å²) in [5.74, 6) is -12.4. The number of primary amides is 1. The SMILES string of the molecule is CC[C@@H](C)C([C@@H](CC(=O)N1CCC[C@@H]1[C@H](OC)[C@@H](C)C(=O)N[C@H](C)[C@@H](O)c1ccccc1)OC)N(C)C(=O)[C@@H](NC(=O)[C@@H](C(C)C)N(C)C(=O)OCc1ccc(NC(=O)[C@H](CCCNC(N)=O)NC(=O)[C@H](NC(=O)CC[C@@H](NC(=O)c2ccc(C(=O)C(CS(=O)(=O)c3ccc(C)cc3)CS(=O)(=O)c3ccc(C)cc3)cc2)C(=O)NCC2COCCOCCOCCOCCO2)C(C)C)cc1)C(C)C. The number of ketones is 1. The molecular weight excluding hydrogens is 1820 g/mol. The van der Waals surface area contributed by atoms with Gasteiger partial charge in [0.25, 0.3) is 5.91 Å². The molecule has 5 aromatic carbocycles. The van der Waals surface area contributed by atoms with Gasteiger partial charge in [0, 0.05) is 71.2 Å². The molecule has 762 valence electrons. The maximum Gasteiger partial charge on any atom is 0.410 e. The summed E-state index contributed by atoms with van der Waals surface area (Å²) in [4.78, 5) is 174. The van der Waals surface area contributed by atoms with Crippen molar-refractivity contribution in [2.75, 3.05) is 124 Å². The number of nitrogens with one attached hydrogen (secondary N) is 8. The number of benzene rings is 5. The monoisotopic (exact) mass is 1960 g/mol. The Morgan fingerprint density at radius 3 is 1.68 bits per heavy atom. The minimum absolute atomic E-state index is 0.00171. The van der Waals surface area contributed by atoms with Crippen LogP contribution < -0.4 is 48.3 Å². The number of amides is 12. The van der Waals surface area contributed by atoms with Crippen LogP contribution in [0.15, 0.2) is 137 Å². The fourth-order valence-corrected chi connectivity index (χ4v) is 19.8. The Morgan fingerprint density at radius 2 is 1.14 bits per heavy atom. The number of ether oxygens (including phenoxy) is 8. The van der Waals surface area contributed by atoms with Crippen molar-refractivity contribution in [1.82, 2.24) is 51.9 Å². The molecule has 2 saturated heterocycles. The average molecular weight is 1970 g/mol. The molecule has 14 atom stereocenters. The first kappa shape index (κ1) is 114. The topological polar surface area (TPSA) is 499 Å². The van der Waals surface area contributed by atoms with Gasteiger partial charge in [-0.3, -0.25) is 52.8 Å². The third-order valence-corrected chi connectivity index (χ3v) is 28.4. The zero-order chi connectivity index (χ0) is 102. The maximum atomic E-state index is 15.0. The minimum atomic E-state index is -4.26. The van der Waals surface area contributed by atoms with Crippen LogP contribution in [0.25, 0.3) is 0 Å². The van der Waals surface area contributed by atoms with Crippen molar-refractivity contribution in [3.63, 3.8) is 0 Å². The quantitative estimate of drug-likeness (QED) is 0.0137. The zero-order valence-electron chi connectivity index (χ0n) is 82.3. The van der Waals surface area contributed by atoms with Crippen molar-refractivity contribution in [2.45, 2.75) is 224 Å². The third-order valence-electron chi connectivity index (χ3n) is 24.7. The summed E-state index contributed by atoms with van der Waals surface area (Å²) < 4.78 is 102. The van der Waals surface area contributed by atoms with Gasteiger partial charge in [-0.25, -0.2) is 26.4 Å². The van der Waals surface area contributed by atoms with Crippen LogP contribution in [0, 0.1) is 49.4 Å². The number of rotatable bonds is 48. The summed E-state index contributed by atoms with van der Waals surface area (Å²) in [6, 6.07) is 22.9. The number of hydrogen-bond donors (Lipinski definition) is 10. The Hall–Kier alpha value is -10.9. The van der Waals surface area contributed by atoms with Crippen molar-refractivity contribution in [3.05, 3.63) is 161 Å². The molecule has 39 heteroatoms. The van der Waals surface area contributed by atoms with E-state index in [0.717, 1.165) is 16.0 Å². The first-order valence-corrected chi connectivity index (χ1v) is 50.4. The molecule has 2 heterocycles. The number of nitrogens with two attached hydrogens (primary N) is 1. The summed E-state index contributed by atoms with van der Waals surface area (Å²) in [5, 5.41) is 33.0. The number of sulfone groups is 2. The van der Waals surface area contributed by atoms with E-state index in [1.165, 1.54) is 86.8 Å². The van der Waals surface area contributed by atoms with Crippen LogP contribution in [0.3, 0.4) is 0 Å². The second-order valence-corrected chi connectivity index (χ2v) is 40.4. The van der Waals surface area contributed by atoms with E-state index < -0.39 is 199 Å². The van der Waals surface area contributed by atoms with E-state index >= 15 is 0 Å². The summed E-state index contributed by atoms with van der Waals surface area (Å²) in [6.07, 6.45) is -3.26. The molecule has 2 unspecified atom stereocenters. The molecule has 0 aromatic heterocycles. The Kier molecular flexibility index (Phi) is 46.6. The highest BCUT2D eigenvalue weighted by Gasteiger charge is 2.45. The molecule has 12 amide bonds. The maximum absolute atomic E-state index is 15.0.